The van der Waals surface area contributed by atoms with Gasteiger partial charge in [0.05, 0.1) is 6.20 Å². The van der Waals surface area contributed by atoms with E-state index in [9.17, 15) is 12.8 Å². The molecule has 5 nitrogen and oxygen atoms in total. The second-order valence-electron chi connectivity index (χ2n) is 3.60. The van der Waals surface area contributed by atoms with Crippen LogP contribution in [0, 0.1) is 5.82 Å². The third kappa shape index (κ3) is 2.97. The van der Waals surface area contributed by atoms with Crippen LogP contribution >= 0.6 is 0 Å². The maximum Gasteiger partial charge on any atom is 0.244 e. The average molecular weight is 247 g/mol. The summed E-state index contributed by atoms with van der Waals surface area (Å²) in [6, 6.07) is 0.640. The summed E-state index contributed by atoms with van der Waals surface area (Å²) in [5.41, 5.74) is 5.50. The van der Waals surface area contributed by atoms with Gasteiger partial charge in [-0.1, -0.05) is 0 Å². The van der Waals surface area contributed by atoms with Gasteiger partial charge in [-0.25, -0.2) is 12.8 Å². The largest absolute Gasteiger partial charge is 0.327 e. The Bertz CT molecular complexity index is 462. The zero-order chi connectivity index (χ0) is 12.3. The quantitative estimate of drug-likeness (QED) is 0.824. The molecular weight excluding hydrogens is 233 g/mol. The third-order valence-electron chi connectivity index (χ3n) is 1.93. The lowest BCUT2D eigenvalue weighted by molar-refractivity contribution is 0.444. The highest BCUT2D eigenvalue weighted by molar-refractivity contribution is 7.89. The van der Waals surface area contributed by atoms with E-state index in [1.165, 1.54) is 7.05 Å². The molecule has 90 valence electrons. The lowest BCUT2D eigenvalue weighted by Crippen LogP contribution is -2.37. The number of hydrogen-bond donors (Lipinski definition) is 1. The number of nitrogens with two attached hydrogens (primary N) is 1. The summed E-state index contributed by atoms with van der Waals surface area (Å²) in [4.78, 5) is 3.33. The van der Waals surface area contributed by atoms with E-state index in [0.29, 0.717) is 0 Å². The Morgan fingerprint density at radius 1 is 1.56 bits per heavy atom. The number of pyridine rings is 1. The number of sulfonamides is 1. The Balaban J connectivity index is 3.02. The molecule has 7 heteroatoms. The highest BCUT2D eigenvalue weighted by Crippen LogP contribution is 2.13. The van der Waals surface area contributed by atoms with Crippen LogP contribution in [-0.2, 0) is 10.0 Å². The zero-order valence-electron chi connectivity index (χ0n) is 9.09. The van der Waals surface area contributed by atoms with E-state index in [1.54, 1.807) is 6.92 Å². The van der Waals surface area contributed by atoms with E-state index < -0.39 is 15.8 Å². The lowest BCUT2D eigenvalue weighted by atomic mass is 10.4. The fraction of sp³-hybridized carbons (Fsp3) is 0.444. The van der Waals surface area contributed by atoms with Gasteiger partial charge in [0, 0.05) is 25.8 Å². The first-order chi connectivity index (χ1) is 7.34. The van der Waals surface area contributed by atoms with Crippen molar-refractivity contribution in [3.05, 3.63) is 24.3 Å². The molecule has 2 N–H and O–H groups in total. The van der Waals surface area contributed by atoms with Gasteiger partial charge in [-0.3, -0.25) is 4.98 Å². The smallest absolute Gasteiger partial charge is 0.244 e. The van der Waals surface area contributed by atoms with Gasteiger partial charge in [0.2, 0.25) is 10.0 Å². The summed E-state index contributed by atoms with van der Waals surface area (Å²) < 4.78 is 37.7. The Morgan fingerprint density at radius 3 is 2.69 bits per heavy atom. The minimum Gasteiger partial charge on any atom is -0.327 e. The van der Waals surface area contributed by atoms with E-state index in [1.807, 2.05) is 0 Å². The highest BCUT2D eigenvalue weighted by atomic mass is 32.2. The molecular formula is C9H14FN3O2S. The number of rotatable bonds is 4. The molecule has 1 atom stereocenters. The van der Waals surface area contributed by atoms with Crippen LogP contribution in [0.1, 0.15) is 6.92 Å². The van der Waals surface area contributed by atoms with Crippen molar-refractivity contribution in [3.8, 4) is 0 Å². The SMILES string of the molecule is CC(N)CN(C)S(=O)(=O)c1cncc(F)c1. The molecule has 1 heterocycles. The fourth-order valence-corrected chi connectivity index (χ4v) is 2.46. The number of likely N-dealkylation sites (N-methyl/N-ethyl adjacent to an activating group) is 1. The van der Waals surface area contributed by atoms with E-state index in [0.717, 1.165) is 22.8 Å². The van der Waals surface area contributed by atoms with E-state index in [-0.39, 0.29) is 17.5 Å². The van der Waals surface area contributed by atoms with Crippen LogP contribution in [0.25, 0.3) is 0 Å². The Labute approximate surface area is 94.1 Å². The molecule has 0 aliphatic carbocycles. The number of aromatic nitrogens is 1. The van der Waals surface area contributed by atoms with Gasteiger partial charge < -0.3 is 5.73 Å². The predicted molar refractivity (Wildman–Crippen MR) is 57.7 cm³/mol. The number of nitrogens with zero attached hydrogens (tertiary/aromatic N) is 2. The second-order valence-corrected chi connectivity index (χ2v) is 5.65. The predicted octanol–water partition coefficient (Wildman–Crippen LogP) is 0.188. The van der Waals surface area contributed by atoms with Gasteiger partial charge in [-0.05, 0) is 13.0 Å². The van der Waals surface area contributed by atoms with E-state index in [2.05, 4.69) is 4.98 Å². The zero-order valence-corrected chi connectivity index (χ0v) is 9.91. The standard InChI is InChI=1S/C9H14FN3O2S/c1-7(11)6-13(2)16(14,15)9-3-8(10)4-12-5-9/h3-5,7H,6,11H2,1-2H3. The van der Waals surface area contributed by atoms with Gasteiger partial charge in [-0.2, -0.15) is 4.31 Å². The maximum atomic E-state index is 12.9. The van der Waals surface area contributed by atoms with E-state index in [4.69, 9.17) is 5.73 Å². The van der Waals surface area contributed by atoms with Crippen molar-refractivity contribution in [2.75, 3.05) is 13.6 Å². The van der Waals surface area contributed by atoms with Crippen LogP contribution in [0.4, 0.5) is 4.39 Å². The van der Waals surface area contributed by atoms with Gasteiger partial charge in [0.1, 0.15) is 10.7 Å². The molecule has 0 spiro atoms. The van der Waals surface area contributed by atoms with Crippen molar-refractivity contribution in [2.45, 2.75) is 17.9 Å². The van der Waals surface area contributed by atoms with Crippen molar-refractivity contribution < 1.29 is 12.8 Å². The molecule has 0 aliphatic heterocycles. The van der Waals surface area contributed by atoms with Crippen molar-refractivity contribution in [2.24, 2.45) is 5.73 Å². The molecule has 0 saturated heterocycles. The molecule has 0 aliphatic rings. The van der Waals surface area contributed by atoms with Crippen LogP contribution in [0.15, 0.2) is 23.4 Å². The molecule has 1 aromatic rings. The third-order valence-corrected chi connectivity index (χ3v) is 3.72. The maximum absolute atomic E-state index is 12.9. The molecule has 0 saturated carbocycles. The van der Waals surface area contributed by atoms with Gasteiger partial charge in [-0.15, -0.1) is 0 Å². The lowest BCUT2D eigenvalue weighted by Gasteiger charge is -2.18. The monoisotopic (exact) mass is 247 g/mol. The topological polar surface area (TPSA) is 76.3 Å². The molecule has 0 amide bonds. The summed E-state index contributed by atoms with van der Waals surface area (Å²) >= 11 is 0. The van der Waals surface area contributed by atoms with Gasteiger partial charge in [0.25, 0.3) is 0 Å². The summed E-state index contributed by atoms with van der Waals surface area (Å²) in [5, 5.41) is 0. The Kier molecular flexibility index (Phi) is 3.95. The van der Waals surface area contributed by atoms with Gasteiger partial charge in [0.15, 0.2) is 0 Å². The van der Waals surface area contributed by atoms with Crippen LogP contribution < -0.4 is 5.73 Å². The summed E-state index contributed by atoms with van der Waals surface area (Å²) in [6.07, 6.45) is 2.06. The molecule has 0 aromatic carbocycles. The molecule has 0 bridgehead atoms. The summed E-state index contributed by atoms with van der Waals surface area (Å²) in [5.74, 6) is -0.685. The molecule has 0 radical (unpaired) electrons. The van der Waals surface area contributed by atoms with Crippen LogP contribution in [0.5, 0.6) is 0 Å². The first-order valence-electron chi connectivity index (χ1n) is 4.66. The minimum atomic E-state index is -3.71. The van der Waals surface area contributed by atoms with Crippen molar-refractivity contribution in [1.29, 1.82) is 0 Å². The summed E-state index contributed by atoms with van der Waals surface area (Å²) in [6.45, 7) is 1.86. The minimum absolute atomic E-state index is 0.166. The molecule has 1 rings (SSSR count). The highest BCUT2D eigenvalue weighted by Gasteiger charge is 2.22. The Morgan fingerprint density at radius 2 is 2.19 bits per heavy atom. The van der Waals surface area contributed by atoms with Crippen molar-refractivity contribution >= 4 is 10.0 Å². The molecule has 0 fully saturated rings. The number of halogens is 1. The van der Waals surface area contributed by atoms with Crippen molar-refractivity contribution in [1.82, 2.24) is 9.29 Å². The molecule has 16 heavy (non-hydrogen) atoms. The second kappa shape index (κ2) is 4.86. The van der Waals surface area contributed by atoms with Crippen LogP contribution in [0.3, 0.4) is 0 Å². The normalized spacial score (nSPS) is 14.1. The van der Waals surface area contributed by atoms with Gasteiger partial charge >= 0.3 is 0 Å². The summed E-state index contributed by atoms with van der Waals surface area (Å²) in [7, 11) is -2.31. The average Bonchev–Trinajstić information content (AvgIpc) is 2.16. The first kappa shape index (κ1) is 13.0. The fourth-order valence-electron chi connectivity index (χ4n) is 1.22. The molecule has 1 unspecified atom stereocenters. The molecule has 1 aromatic heterocycles. The van der Waals surface area contributed by atoms with E-state index >= 15 is 0 Å². The van der Waals surface area contributed by atoms with Crippen LogP contribution in [0.2, 0.25) is 0 Å². The Hall–Kier alpha value is -1.05. The number of hydrogen-bond acceptors (Lipinski definition) is 4. The van der Waals surface area contributed by atoms with Crippen LogP contribution in [-0.4, -0.2) is 37.3 Å². The van der Waals surface area contributed by atoms with Crippen molar-refractivity contribution in [3.63, 3.8) is 0 Å². The first-order valence-corrected chi connectivity index (χ1v) is 6.10.